The summed E-state index contributed by atoms with van der Waals surface area (Å²) in [5.74, 6) is -0.680. The van der Waals surface area contributed by atoms with Crippen LogP contribution in [0.25, 0.3) is 11.0 Å². The van der Waals surface area contributed by atoms with Crippen molar-refractivity contribution in [3.05, 3.63) is 53.1 Å². The number of pyridine rings is 1. The largest absolute Gasteiger partial charge is 0.319 e. The maximum Gasteiger partial charge on any atom is 0.256 e. The molecule has 0 aliphatic rings. The lowest BCUT2D eigenvalue weighted by atomic mass is 10.0. The fraction of sp³-hybridized carbons (Fsp3) is 0.350. The molecule has 0 aliphatic carbocycles. The molecule has 0 fully saturated rings. The van der Waals surface area contributed by atoms with E-state index in [9.17, 15) is 9.18 Å². The number of aromatic nitrogens is 3. The first kappa shape index (κ1) is 18.0. The summed E-state index contributed by atoms with van der Waals surface area (Å²) in [6.45, 7) is 9.91. The monoisotopic (exact) mass is 354 g/mol. The van der Waals surface area contributed by atoms with Gasteiger partial charge in [0.2, 0.25) is 0 Å². The highest BCUT2D eigenvalue weighted by Crippen LogP contribution is 2.25. The van der Waals surface area contributed by atoms with Crippen molar-refractivity contribution in [3.8, 4) is 0 Å². The third-order valence-electron chi connectivity index (χ3n) is 4.28. The first-order valence-corrected chi connectivity index (χ1v) is 8.73. The van der Waals surface area contributed by atoms with Gasteiger partial charge in [0, 0.05) is 11.7 Å². The molecule has 0 aliphatic heterocycles. The van der Waals surface area contributed by atoms with Crippen molar-refractivity contribution in [3.63, 3.8) is 0 Å². The number of carbonyl (C=O) groups excluding carboxylic acids is 1. The number of hydrogen-bond donors (Lipinski definition) is 1. The van der Waals surface area contributed by atoms with Gasteiger partial charge in [0.15, 0.2) is 5.65 Å². The molecule has 0 saturated heterocycles. The standard InChI is InChI=1S/C20H23FN4O/c1-11(2)17-9-14(15-10-22-25(12(3)4)19(15)23-17)20(26)24-18-8-13(5)6-7-16(18)21/h6-12H,1-5H3,(H,24,26). The number of fused-ring (bicyclic) bond motifs is 1. The minimum absolute atomic E-state index is 0.118. The van der Waals surface area contributed by atoms with E-state index in [0.29, 0.717) is 16.6 Å². The Morgan fingerprint density at radius 2 is 1.92 bits per heavy atom. The van der Waals surface area contributed by atoms with Crippen LogP contribution in [0.3, 0.4) is 0 Å². The van der Waals surface area contributed by atoms with Crippen LogP contribution < -0.4 is 5.32 Å². The number of nitrogens with one attached hydrogen (secondary N) is 1. The molecule has 0 atom stereocenters. The summed E-state index contributed by atoms with van der Waals surface area (Å²) in [5, 5.41) is 7.72. The van der Waals surface area contributed by atoms with Gasteiger partial charge in [0.1, 0.15) is 5.82 Å². The molecule has 0 unspecified atom stereocenters. The van der Waals surface area contributed by atoms with Gasteiger partial charge >= 0.3 is 0 Å². The lowest BCUT2D eigenvalue weighted by molar-refractivity contribution is 0.102. The first-order chi connectivity index (χ1) is 12.3. The summed E-state index contributed by atoms with van der Waals surface area (Å²) in [7, 11) is 0. The zero-order chi connectivity index (χ0) is 19.0. The van der Waals surface area contributed by atoms with Gasteiger partial charge in [-0.15, -0.1) is 0 Å². The van der Waals surface area contributed by atoms with Crippen LogP contribution in [-0.2, 0) is 0 Å². The predicted octanol–water partition coefficient (Wildman–Crippen LogP) is 4.84. The van der Waals surface area contributed by atoms with Crippen LogP contribution in [0.1, 0.15) is 61.3 Å². The molecule has 0 bridgehead atoms. The number of rotatable bonds is 4. The van der Waals surface area contributed by atoms with Gasteiger partial charge in [-0.05, 0) is 50.5 Å². The fourth-order valence-corrected chi connectivity index (χ4v) is 2.82. The Morgan fingerprint density at radius 3 is 2.58 bits per heavy atom. The van der Waals surface area contributed by atoms with E-state index in [1.165, 1.54) is 6.07 Å². The topological polar surface area (TPSA) is 59.8 Å². The molecule has 26 heavy (non-hydrogen) atoms. The zero-order valence-electron chi connectivity index (χ0n) is 15.7. The van der Waals surface area contributed by atoms with Crippen LogP contribution in [0.4, 0.5) is 10.1 Å². The summed E-state index contributed by atoms with van der Waals surface area (Å²) in [5.41, 5.74) is 2.96. The van der Waals surface area contributed by atoms with Crippen LogP contribution in [0.2, 0.25) is 0 Å². The van der Waals surface area contributed by atoms with Crippen LogP contribution >= 0.6 is 0 Å². The van der Waals surface area contributed by atoms with E-state index in [-0.39, 0.29) is 23.6 Å². The van der Waals surface area contributed by atoms with E-state index < -0.39 is 5.82 Å². The Bertz CT molecular complexity index is 975. The molecule has 1 N–H and O–H groups in total. The van der Waals surface area contributed by atoms with E-state index in [0.717, 1.165) is 11.3 Å². The molecule has 3 aromatic rings. The molecule has 2 aromatic heterocycles. The third kappa shape index (κ3) is 3.31. The lowest BCUT2D eigenvalue weighted by Crippen LogP contribution is -2.15. The van der Waals surface area contributed by atoms with Gasteiger partial charge in [-0.2, -0.15) is 5.10 Å². The van der Waals surface area contributed by atoms with Gasteiger partial charge in [-0.1, -0.05) is 19.9 Å². The van der Waals surface area contributed by atoms with Crippen molar-refractivity contribution in [1.29, 1.82) is 0 Å². The van der Waals surface area contributed by atoms with E-state index in [2.05, 4.69) is 15.4 Å². The molecule has 5 nitrogen and oxygen atoms in total. The van der Waals surface area contributed by atoms with Crippen molar-refractivity contribution < 1.29 is 9.18 Å². The highest BCUT2D eigenvalue weighted by atomic mass is 19.1. The van der Waals surface area contributed by atoms with Crippen LogP contribution in [-0.4, -0.2) is 20.7 Å². The summed E-state index contributed by atoms with van der Waals surface area (Å²) in [6.07, 6.45) is 1.65. The minimum atomic E-state index is -0.462. The van der Waals surface area contributed by atoms with Crippen LogP contribution in [0.15, 0.2) is 30.5 Å². The van der Waals surface area contributed by atoms with Crippen molar-refractivity contribution in [2.45, 2.75) is 46.6 Å². The molecule has 1 aromatic carbocycles. The second kappa shape index (κ2) is 6.86. The van der Waals surface area contributed by atoms with Crippen molar-refractivity contribution in [2.24, 2.45) is 0 Å². The summed E-state index contributed by atoms with van der Waals surface area (Å²) in [6, 6.07) is 6.52. The predicted molar refractivity (Wildman–Crippen MR) is 101 cm³/mol. The molecule has 0 radical (unpaired) electrons. The minimum Gasteiger partial charge on any atom is -0.319 e. The number of benzene rings is 1. The Hall–Kier alpha value is -2.76. The third-order valence-corrected chi connectivity index (χ3v) is 4.28. The van der Waals surface area contributed by atoms with Crippen molar-refractivity contribution >= 4 is 22.6 Å². The number of nitrogens with zero attached hydrogens (tertiary/aromatic N) is 3. The molecular formula is C20H23FN4O. The van der Waals surface area contributed by atoms with Gasteiger partial charge in [0.25, 0.3) is 5.91 Å². The zero-order valence-corrected chi connectivity index (χ0v) is 15.7. The Balaban J connectivity index is 2.11. The van der Waals surface area contributed by atoms with Crippen molar-refractivity contribution in [2.75, 3.05) is 5.32 Å². The first-order valence-electron chi connectivity index (χ1n) is 8.73. The number of carbonyl (C=O) groups is 1. The van der Waals surface area contributed by atoms with Gasteiger partial charge in [0.05, 0.1) is 22.8 Å². The highest BCUT2D eigenvalue weighted by Gasteiger charge is 2.19. The molecule has 1 amide bonds. The average molecular weight is 354 g/mol. The van der Waals surface area contributed by atoms with Crippen LogP contribution in [0, 0.1) is 12.7 Å². The second-order valence-electron chi connectivity index (χ2n) is 7.11. The molecule has 0 spiro atoms. The van der Waals surface area contributed by atoms with E-state index >= 15 is 0 Å². The highest BCUT2D eigenvalue weighted by molar-refractivity contribution is 6.12. The summed E-state index contributed by atoms with van der Waals surface area (Å²) >= 11 is 0. The average Bonchev–Trinajstić information content (AvgIpc) is 3.01. The van der Waals surface area contributed by atoms with E-state index in [1.54, 1.807) is 29.1 Å². The normalized spacial score (nSPS) is 11.5. The van der Waals surface area contributed by atoms with Gasteiger partial charge in [-0.3, -0.25) is 4.79 Å². The smallest absolute Gasteiger partial charge is 0.256 e. The number of amides is 1. The quantitative estimate of drug-likeness (QED) is 0.729. The lowest BCUT2D eigenvalue weighted by Gasteiger charge is -2.13. The number of halogens is 1. The summed E-state index contributed by atoms with van der Waals surface area (Å²) < 4.78 is 15.8. The Labute approximate surface area is 152 Å². The maximum absolute atomic E-state index is 14.0. The van der Waals surface area contributed by atoms with E-state index in [1.807, 2.05) is 34.6 Å². The van der Waals surface area contributed by atoms with Gasteiger partial charge < -0.3 is 5.32 Å². The van der Waals surface area contributed by atoms with Crippen LogP contribution in [0.5, 0.6) is 0 Å². The maximum atomic E-state index is 14.0. The molecule has 6 heteroatoms. The Morgan fingerprint density at radius 1 is 1.19 bits per heavy atom. The fourth-order valence-electron chi connectivity index (χ4n) is 2.82. The SMILES string of the molecule is Cc1ccc(F)c(NC(=O)c2cc(C(C)C)nc3c2cnn3C(C)C)c1. The molecule has 2 heterocycles. The Kier molecular flexibility index (Phi) is 4.76. The molecule has 0 saturated carbocycles. The molecular weight excluding hydrogens is 331 g/mol. The number of aryl methyl sites for hydroxylation is 1. The summed E-state index contributed by atoms with van der Waals surface area (Å²) in [4.78, 5) is 17.6. The second-order valence-corrected chi connectivity index (χ2v) is 7.11. The van der Waals surface area contributed by atoms with Crippen molar-refractivity contribution in [1.82, 2.24) is 14.8 Å². The number of anilines is 1. The number of hydrogen-bond acceptors (Lipinski definition) is 3. The molecule has 136 valence electrons. The van der Waals surface area contributed by atoms with E-state index in [4.69, 9.17) is 0 Å². The molecule has 3 rings (SSSR count). The van der Waals surface area contributed by atoms with Gasteiger partial charge in [-0.25, -0.2) is 14.1 Å².